The predicted molar refractivity (Wildman–Crippen MR) is 132 cm³/mol. The molecule has 1 aromatic carbocycles. The normalized spacial score (nSPS) is 19.9. The SMILES string of the molecule is CN(c1nc(-c2ccncc2F)cc(=O)n1C)[C@@H]1[C@@H]2CN(c3nnnn3Cc3ccc(C#N)cc3)C[C@@H]21. The Morgan fingerprint density at radius 3 is 2.65 bits per heavy atom. The Balaban J connectivity index is 1.18. The Bertz CT molecular complexity index is 1560. The fourth-order valence-electron chi connectivity index (χ4n) is 5.32. The summed E-state index contributed by atoms with van der Waals surface area (Å²) >= 11 is 0. The van der Waals surface area contributed by atoms with Crippen LogP contribution in [0.2, 0.25) is 0 Å². The van der Waals surface area contributed by atoms with Gasteiger partial charge in [-0.3, -0.25) is 14.3 Å². The van der Waals surface area contributed by atoms with E-state index in [4.69, 9.17) is 5.26 Å². The Kier molecular flexibility index (Phi) is 5.40. The van der Waals surface area contributed by atoms with Gasteiger partial charge in [0.2, 0.25) is 11.9 Å². The van der Waals surface area contributed by atoms with Crippen molar-refractivity contribution in [1.82, 2.24) is 34.7 Å². The molecule has 1 aliphatic heterocycles. The van der Waals surface area contributed by atoms with E-state index in [0.29, 0.717) is 41.5 Å². The van der Waals surface area contributed by atoms with E-state index in [-0.39, 0.29) is 17.2 Å². The van der Waals surface area contributed by atoms with Crippen molar-refractivity contribution in [3.05, 3.63) is 76.1 Å². The van der Waals surface area contributed by atoms with Gasteiger partial charge in [-0.2, -0.15) is 5.26 Å². The third-order valence-electron chi connectivity index (χ3n) is 7.28. The molecule has 1 saturated heterocycles. The zero-order chi connectivity index (χ0) is 25.7. The van der Waals surface area contributed by atoms with Gasteiger partial charge in [-0.1, -0.05) is 17.2 Å². The number of hydrogen-bond donors (Lipinski definition) is 0. The van der Waals surface area contributed by atoms with Crippen LogP contribution < -0.4 is 15.4 Å². The zero-order valence-electron chi connectivity index (χ0n) is 20.2. The highest BCUT2D eigenvalue weighted by atomic mass is 19.1. The van der Waals surface area contributed by atoms with Gasteiger partial charge in [0.05, 0.1) is 30.1 Å². The van der Waals surface area contributed by atoms with Gasteiger partial charge in [0.25, 0.3) is 5.56 Å². The first kappa shape index (κ1) is 22.8. The average molecular weight is 499 g/mol. The summed E-state index contributed by atoms with van der Waals surface area (Å²) in [7, 11) is 3.60. The van der Waals surface area contributed by atoms with E-state index in [2.05, 4.69) is 36.5 Å². The summed E-state index contributed by atoms with van der Waals surface area (Å²) in [5.41, 5.74) is 1.90. The van der Waals surface area contributed by atoms with Crippen LogP contribution in [0.5, 0.6) is 0 Å². The summed E-state index contributed by atoms with van der Waals surface area (Å²) in [4.78, 5) is 25.3. The molecule has 0 N–H and O–H groups in total. The second kappa shape index (κ2) is 8.77. The number of tetrazole rings is 1. The molecule has 12 heteroatoms. The highest BCUT2D eigenvalue weighted by Crippen LogP contribution is 2.50. The van der Waals surface area contributed by atoms with Crippen molar-refractivity contribution in [2.45, 2.75) is 12.6 Å². The largest absolute Gasteiger partial charge is 0.342 e. The van der Waals surface area contributed by atoms with Crippen molar-refractivity contribution in [2.24, 2.45) is 18.9 Å². The molecular weight excluding hydrogens is 475 g/mol. The van der Waals surface area contributed by atoms with Gasteiger partial charge in [0, 0.05) is 62.9 Å². The molecule has 37 heavy (non-hydrogen) atoms. The summed E-state index contributed by atoms with van der Waals surface area (Å²) in [5, 5.41) is 21.3. The summed E-state index contributed by atoms with van der Waals surface area (Å²) < 4.78 is 17.6. The van der Waals surface area contributed by atoms with Crippen molar-refractivity contribution in [3.63, 3.8) is 0 Å². The van der Waals surface area contributed by atoms with E-state index < -0.39 is 5.82 Å². The predicted octanol–water partition coefficient (Wildman–Crippen LogP) is 1.46. The fourth-order valence-corrected chi connectivity index (χ4v) is 5.32. The number of pyridine rings is 1. The molecule has 1 aliphatic carbocycles. The standard InChI is InChI=1S/C25H23FN10O/c1-33-22(37)9-21(17-7-8-28-11-20(17)26)29-24(33)34(2)23-18-13-35(14-19(18)23)25-30-31-32-36(25)12-16-5-3-15(10-27)4-6-16/h3-9,11,18-19,23H,12-14H2,1-2H3/t18-,19+,23-. The first-order valence-electron chi connectivity index (χ1n) is 11.9. The minimum Gasteiger partial charge on any atom is -0.342 e. The molecule has 4 aromatic rings. The second-order valence-electron chi connectivity index (χ2n) is 9.47. The van der Waals surface area contributed by atoms with E-state index in [1.807, 2.05) is 24.1 Å². The molecule has 0 spiro atoms. The third-order valence-corrected chi connectivity index (χ3v) is 7.28. The minimum atomic E-state index is -0.519. The van der Waals surface area contributed by atoms with E-state index >= 15 is 0 Å². The zero-order valence-corrected chi connectivity index (χ0v) is 20.2. The van der Waals surface area contributed by atoms with Crippen LogP contribution in [0.25, 0.3) is 11.3 Å². The number of nitriles is 1. The monoisotopic (exact) mass is 498 g/mol. The molecule has 3 atom stereocenters. The van der Waals surface area contributed by atoms with Crippen molar-refractivity contribution in [3.8, 4) is 17.3 Å². The van der Waals surface area contributed by atoms with Crippen molar-refractivity contribution >= 4 is 11.9 Å². The lowest BCUT2D eigenvalue weighted by Crippen LogP contribution is -2.37. The molecule has 2 fully saturated rings. The molecule has 2 aliphatic rings. The lowest BCUT2D eigenvalue weighted by molar-refractivity contribution is 0.616. The molecular formula is C25H23FN10O. The Morgan fingerprint density at radius 1 is 1.19 bits per heavy atom. The molecule has 186 valence electrons. The Hall–Kier alpha value is -4.66. The van der Waals surface area contributed by atoms with Crippen LogP contribution >= 0.6 is 0 Å². The maximum Gasteiger partial charge on any atom is 0.255 e. The number of nitrogens with zero attached hydrogens (tertiary/aromatic N) is 10. The smallest absolute Gasteiger partial charge is 0.255 e. The molecule has 0 amide bonds. The number of fused-ring (bicyclic) bond motifs is 1. The van der Waals surface area contributed by atoms with Crippen molar-refractivity contribution in [2.75, 3.05) is 29.9 Å². The Labute approximate surface area is 211 Å². The molecule has 6 rings (SSSR count). The minimum absolute atomic E-state index is 0.203. The van der Waals surface area contributed by atoms with Crippen molar-refractivity contribution in [1.29, 1.82) is 5.26 Å². The third kappa shape index (κ3) is 3.98. The lowest BCUT2D eigenvalue weighted by Gasteiger charge is -2.26. The summed E-state index contributed by atoms with van der Waals surface area (Å²) in [6, 6.07) is 12.6. The first-order chi connectivity index (χ1) is 17.9. The molecule has 0 unspecified atom stereocenters. The van der Waals surface area contributed by atoms with Crippen LogP contribution in [0.4, 0.5) is 16.3 Å². The van der Waals surface area contributed by atoms with E-state index in [0.717, 1.165) is 24.8 Å². The molecule has 0 radical (unpaired) electrons. The van der Waals surface area contributed by atoms with Crippen LogP contribution in [-0.2, 0) is 13.6 Å². The number of halogens is 1. The van der Waals surface area contributed by atoms with Gasteiger partial charge in [-0.05, 0) is 34.2 Å². The maximum atomic E-state index is 14.3. The van der Waals surface area contributed by atoms with Crippen LogP contribution in [0.3, 0.4) is 0 Å². The summed E-state index contributed by atoms with van der Waals surface area (Å²) in [6.45, 7) is 2.06. The number of rotatable bonds is 6. The summed E-state index contributed by atoms with van der Waals surface area (Å²) in [5.74, 6) is 1.41. The molecule has 0 bridgehead atoms. The van der Waals surface area contributed by atoms with Gasteiger partial charge < -0.3 is 9.80 Å². The average Bonchev–Trinajstić information content (AvgIpc) is 3.21. The van der Waals surface area contributed by atoms with Crippen molar-refractivity contribution < 1.29 is 4.39 Å². The van der Waals surface area contributed by atoms with Gasteiger partial charge in [0.15, 0.2) is 5.82 Å². The van der Waals surface area contributed by atoms with E-state index in [1.165, 1.54) is 22.9 Å². The topological polar surface area (TPSA) is 122 Å². The van der Waals surface area contributed by atoms with Gasteiger partial charge in [-0.25, -0.2) is 14.1 Å². The number of anilines is 2. The quantitative estimate of drug-likeness (QED) is 0.389. The Morgan fingerprint density at radius 2 is 1.95 bits per heavy atom. The highest BCUT2D eigenvalue weighted by Gasteiger charge is 2.59. The van der Waals surface area contributed by atoms with Gasteiger partial charge in [0.1, 0.15) is 0 Å². The number of benzene rings is 1. The summed E-state index contributed by atoms with van der Waals surface area (Å²) in [6.07, 6.45) is 2.60. The van der Waals surface area contributed by atoms with Crippen LogP contribution in [0, 0.1) is 29.0 Å². The number of piperidine rings is 1. The lowest BCUT2D eigenvalue weighted by atomic mass is 10.1. The maximum absolute atomic E-state index is 14.3. The van der Waals surface area contributed by atoms with Gasteiger partial charge in [-0.15, -0.1) is 0 Å². The molecule has 1 saturated carbocycles. The highest BCUT2D eigenvalue weighted by molar-refractivity contribution is 5.60. The molecule has 3 aromatic heterocycles. The van der Waals surface area contributed by atoms with Crippen LogP contribution in [0.15, 0.2) is 53.6 Å². The fraction of sp³-hybridized carbons (Fsp3) is 0.320. The van der Waals surface area contributed by atoms with E-state index in [1.54, 1.807) is 23.9 Å². The number of hydrogen-bond acceptors (Lipinski definition) is 9. The molecule has 11 nitrogen and oxygen atoms in total. The number of aromatic nitrogens is 7. The van der Waals surface area contributed by atoms with Crippen LogP contribution in [0.1, 0.15) is 11.1 Å². The van der Waals surface area contributed by atoms with E-state index in [9.17, 15) is 9.18 Å². The first-order valence-corrected chi connectivity index (χ1v) is 11.9. The second-order valence-corrected chi connectivity index (χ2v) is 9.47. The van der Waals surface area contributed by atoms with Crippen LogP contribution in [-0.4, -0.2) is 60.9 Å². The van der Waals surface area contributed by atoms with Gasteiger partial charge >= 0.3 is 0 Å². The molecule has 4 heterocycles.